The summed E-state index contributed by atoms with van der Waals surface area (Å²) in [5.41, 5.74) is 1.28. The molecular formula is C10H16N2O. The van der Waals surface area contributed by atoms with Crippen molar-refractivity contribution in [2.75, 3.05) is 13.1 Å². The first-order valence-electron chi connectivity index (χ1n) is 4.79. The van der Waals surface area contributed by atoms with E-state index in [9.17, 15) is 5.11 Å². The fraction of sp³-hybridized carbons (Fsp3) is 0.600. The van der Waals surface area contributed by atoms with Gasteiger partial charge >= 0.3 is 0 Å². The summed E-state index contributed by atoms with van der Waals surface area (Å²) in [7, 11) is 0. The minimum Gasteiger partial charge on any atom is -0.392 e. The van der Waals surface area contributed by atoms with E-state index in [1.807, 2.05) is 6.20 Å². The lowest BCUT2D eigenvalue weighted by atomic mass is 10.2. The van der Waals surface area contributed by atoms with Gasteiger partial charge in [-0.3, -0.25) is 4.90 Å². The molecule has 2 aliphatic heterocycles. The first-order valence-corrected chi connectivity index (χ1v) is 4.79. The largest absolute Gasteiger partial charge is 0.392 e. The summed E-state index contributed by atoms with van der Waals surface area (Å²) in [6, 6.07) is 0. The van der Waals surface area contributed by atoms with Crippen molar-refractivity contribution >= 4 is 0 Å². The molecule has 0 aliphatic carbocycles. The molecule has 1 saturated heterocycles. The number of aliphatic hydroxyl groups is 1. The Kier molecular flexibility index (Phi) is 2.38. The Balaban J connectivity index is 1.98. The molecule has 3 nitrogen and oxygen atoms in total. The Morgan fingerprint density at radius 1 is 1.62 bits per heavy atom. The van der Waals surface area contributed by atoms with Crippen LogP contribution < -0.4 is 5.32 Å². The van der Waals surface area contributed by atoms with Crippen molar-refractivity contribution in [2.24, 2.45) is 0 Å². The fourth-order valence-electron chi connectivity index (χ4n) is 1.86. The number of nitrogens with zero attached hydrogens (tertiary/aromatic N) is 1. The molecule has 3 heteroatoms. The van der Waals surface area contributed by atoms with E-state index in [4.69, 9.17) is 0 Å². The van der Waals surface area contributed by atoms with E-state index < -0.39 is 0 Å². The van der Waals surface area contributed by atoms with E-state index in [0.29, 0.717) is 0 Å². The van der Waals surface area contributed by atoms with Crippen molar-refractivity contribution < 1.29 is 5.11 Å². The van der Waals surface area contributed by atoms with Crippen LogP contribution >= 0.6 is 0 Å². The van der Waals surface area contributed by atoms with Gasteiger partial charge in [0.05, 0.1) is 12.3 Å². The number of rotatable bonds is 1. The summed E-state index contributed by atoms with van der Waals surface area (Å²) < 4.78 is 0. The van der Waals surface area contributed by atoms with Crippen molar-refractivity contribution in [1.82, 2.24) is 10.2 Å². The van der Waals surface area contributed by atoms with Crippen LogP contribution in [0.5, 0.6) is 0 Å². The van der Waals surface area contributed by atoms with Crippen LogP contribution in [0.2, 0.25) is 0 Å². The fourth-order valence-corrected chi connectivity index (χ4v) is 1.86. The predicted molar refractivity (Wildman–Crippen MR) is 52.0 cm³/mol. The van der Waals surface area contributed by atoms with Crippen LogP contribution in [0.3, 0.4) is 0 Å². The van der Waals surface area contributed by atoms with Crippen molar-refractivity contribution in [2.45, 2.75) is 25.6 Å². The van der Waals surface area contributed by atoms with Crippen LogP contribution in [0.25, 0.3) is 0 Å². The number of β-amino-alcohol motifs (C(OH)–C–C–N with tert-alkyl or cyclic N) is 1. The molecule has 0 spiro atoms. The summed E-state index contributed by atoms with van der Waals surface area (Å²) in [6.07, 6.45) is 7.27. The highest BCUT2D eigenvalue weighted by Crippen LogP contribution is 2.15. The second-order valence-corrected chi connectivity index (χ2v) is 3.79. The highest BCUT2D eigenvalue weighted by molar-refractivity contribution is 5.22. The second kappa shape index (κ2) is 3.52. The van der Waals surface area contributed by atoms with Gasteiger partial charge in [-0.05, 0) is 31.7 Å². The molecule has 0 amide bonds. The molecular weight excluding hydrogens is 164 g/mol. The molecule has 2 rings (SSSR count). The van der Waals surface area contributed by atoms with Gasteiger partial charge in [-0.15, -0.1) is 0 Å². The lowest BCUT2D eigenvalue weighted by Gasteiger charge is -2.27. The van der Waals surface area contributed by atoms with E-state index in [1.165, 1.54) is 5.57 Å². The topological polar surface area (TPSA) is 35.5 Å². The van der Waals surface area contributed by atoms with Gasteiger partial charge in [0.15, 0.2) is 0 Å². The van der Waals surface area contributed by atoms with Gasteiger partial charge in [0.25, 0.3) is 0 Å². The quantitative estimate of drug-likeness (QED) is 0.614. The number of nitrogens with one attached hydrogen (secondary N) is 1. The molecule has 1 unspecified atom stereocenters. The first kappa shape index (κ1) is 8.78. The van der Waals surface area contributed by atoms with Crippen LogP contribution in [-0.4, -0.2) is 35.4 Å². The maximum atomic E-state index is 9.39. The zero-order valence-corrected chi connectivity index (χ0v) is 7.90. The average Bonchev–Trinajstić information content (AvgIpc) is 2.52. The Labute approximate surface area is 78.7 Å². The van der Waals surface area contributed by atoms with Crippen molar-refractivity contribution in [3.05, 3.63) is 23.9 Å². The van der Waals surface area contributed by atoms with E-state index >= 15 is 0 Å². The minimum atomic E-state index is -0.138. The van der Waals surface area contributed by atoms with E-state index in [1.54, 1.807) is 0 Å². The van der Waals surface area contributed by atoms with Crippen LogP contribution in [0.1, 0.15) is 13.3 Å². The van der Waals surface area contributed by atoms with Crippen molar-refractivity contribution in [1.29, 1.82) is 0 Å². The van der Waals surface area contributed by atoms with Crippen LogP contribution in [0, 0.1) is 0 Å². The monoisotopic (exact) mass is 180 g/mol. The van der Waals surface area contributed by atoms with E-state index in [-0.39, 0.29) is 12.3 Å². The lowest BCUT2D eigenvalue weighted by Crippen LogP contribution is -2.42. The van der Waals surface area contributed by atoms with E-state index in [0.717, 1.165) is 19.5 Å². The van der Waals surface area contributed by atoms with Gasteiger partial charge in [0, 0.05) is 13.1 Å². The Morgan fingerprint density at radius 3 is 3.08 bits per heavy atom. The number of hydrogen-bond acceptors (Lipinski definition) is 3. The smallest absolute Gasteiger partial charge is 0.0988 e. The van der Waals surface area contributed by atoms with Crippen molar-refractivity contribution in [3.8, 4) is 0 Å². The lowest BCUT2D eigenvalue weighted by molar-refractivity contribution is 0.163. The zero-order chi connectivity index (χ0) is 9.26. The van der Waals surface area contributed by atoms with Gasteiger partial charge in [-0.2, -0.15) is 0 Å². The molecule has 2 aliphatic rings. The third kappa shape index (κ3) is 1.92. The summed E-state index contributed by atoms with van der Waals surface area (Å²) >= 11 is 0. The average molecular weight is 180 g/mol. The molecule has 2 heterocycles. The standard InChI is InChI=1S/C10H16N2O/c1-8-2-4-11-10(6-8)12-5-3-9(13)7-12/h2,4,6,9-11,13H,3,5,7H2,1H3/t9-,10?/m1/s1. The number of allylic oxidation sites excluding steroid dienone is 2. The summed E-state index contributed by atoms with van der Waals surface area (Å²) in [4.78, 5) is 2.26. The maximum absolute atomic E-state index is 9.39. The maximum Gasteiger partial charge on any atom is 0.0988 e. The molecule has 72 valence electrons. The third-order valence-electron chi connectivity index (χ3n) is 2.62. The summed E-state index contributed by atoms with van der Waals surface area (Å²) in [5, 5.41) is 12.7. The predicted octanol–water partition coefficient (Wildman–Crippen LogP) is 0.442. The van der Waals surface area contributed by atoms with Gasteiger partial charge in [-0.1, -0.05) is 5.57 Å². The molecule has 0 aromatic carbocycles. The Bertz CT molecular complexity index is 247. The molecule has 1 fully saturated rings. The Morgan fingerprint density at radius 2 is 2.46 bits per heavy atom. The molecule has 0 aromatic heterocycles. The molecule has 0 saturated carbocycles. The van der Waals surface area contributed by atoms with Crippen LogP contribution in [-0.2, 0) is 0 Å². The Hall–Kier alpha value is -0.800. The highest BCUT2D eigenvalue weighted by Gasteiger charge is 2.25. The van der Waals surface area contributed by atoms with Gasteiger partial charge in [0.2, 0.25) is 0 Å². The number of dihydropyridines is 1. The van der Waals surface area contributed by atoms with Crippen molar-refractivity contribution in [3.63, 3.8) is 0 Å². The van der Waals surface area contributed by atoms with Crippen LogP contribution in [0.4, 0.5) is 0 Å². The minimum absolute atomic E-state index is 0.138. The summed E-state index contributed by atoms with van der Waals surface area (Å²) in [6.45, 7) is 3.86. The number of hydrogen-bond donors (Lipinski definition) is 2. The summed E-state index contributed by atoms with van der Waals surface area (Å²) in [5.74, 6) is 0. The highest BCUT2D eigenvalue weighted by atomic mass is 16.3. The first-order chi connectivity index (χ1) is 6.25. The SMILES string of the molecule is CC1=CC(N2CC[C@@H](O)C2)NC=C1. The molecule has 2 N–H and O–H groups in total. The zero-order valence-electron chi connectivity index (χ0n) is 7.90. The van der Waals surface area contributed by atoms with Crippen LogP contribution in [0.15, 0.2) is 23.9 Å². The number of likely N-dealkylation sites (tertiary alicyclic amines) is 1. The third-order valence-corrected chi connectivity index (χ3v) is 2.62. The second-order valence-electron chi connectivity index (χ2n) is 3.79. The van der Waals surface area contributed by atoms with Gasteiger partial charge < -0.3 is 10.4 Å². The normalized spacial score (nSPS) is 34.5. The van der Waals surface area contributed by atoms with Gasteiger partial charge in [0.1, 0.15) is 0 Å². The molecule has 0 bridgehead atoms. The molecule has 2 atom stereocenters. The molecule has 0 aromatic rings. The molecule has 0 radical (unpaired) electrons. The molecule has 13 heavy (non-hydrogen) atoms. The van der Waals surface area contributed by atoms with E-state index in [2.05, 4.69) is 29.3 Å². The van der Waals surface area contributed by atoms with Gasteiger partial charge in [-0.25, -0.2) is 0 Å². The number of aliphatic hydroxyl groups excluding tert-OH is 1.